The van der Waals surface area contributed by atoms with Gasteiger partial charge in [0.25, 0.3) is 0 Å². The van der Waals surface area contributed by atoms with Gasteiger partial charge in [0.15, 0.2) is 5.79 Å². The summed E-state index contributed by atoms with van der Waals surface area (Å²) in [5, 5.41) is 8.31. The third-order valence-electron chi connectivity index (χ3n) is 1.39. The third kappa shape index (κ3) is 1.91. The summed E-state index contributed by atoms with van der Waals surface area (Å²) in [6.07, 6.45) is -0.0278. The van der Waals surface area contributed by atoms with E-state index in [4.69, 9.17) is 14.7 Å². The minimum Gasteiger partial charge on any atom is -0.348 e. The van der Waals surface area contributed by atoms with Gasteiger partial charge in [0, 0.05) is 6.54 Å². The summed E-state index contributed by atoms with van der Waals surface area (Å²) in [7, 11) is 0. The summed E-state index contributed by atoms with van der Waals surface area (Å²) in [6.45, 7) is 4.67. The molecule has 0 aromatic heterocycles. The molecule has 0 spiro atoms. The first-order chi connectivity index (χ1) is 4.64. The van der Waals surface area contributed by atoms with Crippen LogP contribution in [-0.4, -0.2) is 30.2 Å². The van der Waals surface area contributed by atoms with Gasteiger partial charge in [-0.25, -0.2) is 5.48 Å². The fourth-order valence-corrected chi connectivity index (χ4v) is 0.965. The van der Waals surface area contributed by atoms with Gasteiger partial charge in [-0.15, -0.1) is 0 Å². The van der Waals surface area contributed by atoms with E-state index in [0.717, 1.165) is 0 Å². The van der Waals surface area contributed by atoms with Crippen LogP contribution in [0.5, 0.6) is 0 Å². The first-order valence-electron chi connectivity index (χ1n) is 3.33. The molecule has 1 aliphatic rings. The lowest BCUT2D eigenvalue weighted by Gasteiger charge is -2.16. The van der Waals surface area contributed by atoms with E-state index in [9.17, 15) is 0 Å². The molecule has 0 aliphatic carbocycles. The van der Waals surface area contributed by atoms with Crippen molar-refractivity contribution in [3.8, 4) is 0 Å². The van der Waals surface area contributed by atoms with Crippen molar-refractivity contribution >= 4 is 0 Å². The third-order valence-corrected chi connectivity index (χ3v) is 1.39. The van der Waals surface area contributed by atoms with Crippen LogP contribution >= 0.6 is 0 Å². The Labute approximate surface area is 60.1 Å². The average Bonchev–Trinajstić information content (AvgIpc) is 2.12. The second kappa shape index (κ2) is 2.84. The van der Waals surface area contributed by atoms with Crippen molar-refractivity contribution in [1.29, 1.82) is 0 Å². The van der Waals surface area contributed by atoms with Crippen molar-refractivity contribution in [3.05, 3.63) is 0 Å². The van der Waals surface area contributed by atoms with Gasteiger partial charge in [-0.3, -0.25) is 0 Å². The highest BCUT2D eigenvalue weighted by Crippen LogP contribution is 2.21. The molecule has 1 fully saturated rings. The number of ether oxygens (including phenoxy) is 2. The van der Waals surface area contributed by atoms with Crippen LogP contribution in [0.4, 0.5) is 0 Å². The van der Waals surface area contributed by atoms with E-state index < -0.39 is 5.79 Å². The zero-order chi connectivity index (χ0) is 7.61. The van der Waals surface area contributed by atoms with Crippen molar-refractivity contribution in [1.82, 2.24) is 5.48 Å². The molecule has 4 nitrogen and oxygen atoms in total. The smallest absolute Gasteiger partial charge is 0.163 e. The predicted octanol–water partition coefficient (Wildman–Crippen LogP) is 0.117. The molecule has 1 atom stereocenters. The molecule has 2 N–H and O–H groups in total. The Morgan fingerprint density at radius 2 is 2.40 bits per heavy atom. The molecule has 0 bridgehead atoms. The first-order valence-corrected chi connectivity index (χ1v) is 3.33. The largest absolute Gasteiger partial charge is 0.348 e. The van der Waals surface area contributed by atoms with Gasteiger partial charge in [0.1, 0.15) is 0 Å². The number of nitrogens with one attached hydrogen (secondary N) is 1. The SMILES string of the molecule is CC1(C)OCC(CNO)O1. The zero-order valence-electron chi connectivity index (χ0n) is 6.26. The van der Waals surface area contributed by atoms with E-state index in [1.54, 1.807) is 0 Å². The van der Waals surface area contributed by atoms with Crippen molar-refractivity contribution in [2.45, 2.75) is 25.7 Å². The summed E-state index contributed by atoms with van der Waals surface area (Å²) in [5.41, 5.74) is 2.04. The van der Waals surface area contributed by atoms with Crippen LogP contribution in [0.25, 0.3) is 0 Å². The molecule has 0 aromatic carbocycles. The van der Waals surface area contributed by atoms with Crippen LogP contribution in [-0.2, 0) is 9.47 Å². The molecule has 4 heteroatoms. The van der Waals surface area contributed by atoms with Gasteiger partial charge in [0.2, 0.25) is 0 Å². The van der Waals surface area contributed by atoms with E-state index in [1.807, 2.05) is 19.3 Å². The zero-order valence-corrected chi connectivity index (χ0v) is 6.26. The fraction of sp³-hybridized carbons (Fsp3) is 1.00. The maximum Gasteiger partial charge on any atom is 0.163 e. The lowest BCUT2D eigenvalue weighted by molar-refractivity contribution is -0.139. The second-order valence-corrected chi connectivity index (χ2v) is 2.81. The van der Waals surface area contributed by atoms with E-state index >= 15 is 0 Å². The van der Waals surface area contributed by atoms with Gasteiger partial charge in [-0.05, 0) is 13.8 Å². The van der Waals surface area contributed by atoms with E-state index in [1.165, 1.54) is 0 Å². The molecule has 1 unspecified atom stereocenters. The number of rotatable bonds is 2. The minimum absolute atomic E-state index is 0.0278. The van der Waals surface area contributed by atoms with Gasteiger partial charge >= 0.3 is 0 Å². The Kier molecular flexibility index (Phi) is 2.25. The summed E-state index contributed by atoms with van der Waals surface area (Å²) in [4.78, 5) is 0. The Hall–Kier alpha value is -0.160. The van der Waals surface area contributed by atoms with Crippen LogP contribution in [0, 0.1) is 0 Å². The Morgan fingerprint density at radius 3 is 2.80 bits per heavy atom. The van der Waals surface area contributed by atoms with Gasteiger partial charge in [-0.1, -0.05) is 0 Å². The molecule has 60 valence electrons. The van der Waals surface area contributed by atoms with Crippen molar-refractivity contribution in [2.24, 2.45) is 0 Å². The molecular weight excluding hydrogens is 134 g/mol. The average molecular weight is 147 g/mol. The highest BCUT2D eigenvalue weighted by molar-refractivity contribution is 4.70. The highest BCUT2D eigenvalue weighted by atomic mass is 16.7. The van der Waals surface area contributed by atoms with Crippen LogP contribution in [0.15, 0.2) is 0 Å². The quantitative estimate of drug-likeness (QED) is 0.544. The molecule has 0 aromatic rings. The second-order valence-electron chi connectivity index (χ2n) is 2.81. The maximum atomic E-state index is 8.31. The summed E-state index contributed by atoms with van der Waals surface area (Å²) in [6, 6.07) is 0. The van der Waals surface area contributed by atoms with Crippen LogP contribution in [0.1, 0.15) is 13.8 Å². The summed E-state index contributed by atoms with van der Waals surface area (Å²) in [5.74, 6) is -0.485. The normalized spacial score (nSPS) is 30.9. The molecule has 1 rings (SSSR count). The lowest BCUT2D eigenvalue weighted by atomic mass is 10.4. The van der Waals surface area contributed by atoms with Gasteiger partial charge in [-0.2, -0.15) is 0 Å². The summed E-state index contributed by atoms with van der Waals surface area (Å²) >= 11 is 0. The van der Waals surface area contributed by atoms with Crippen LogP contribution in [0.2, 0.25) is 0 Å². The number of hydroxylamine groups is 1. The first kappa shape index (κ1) is 7.94. The maximum absolute atomic E-state index is 8.31. The molecule has 0 saturated carbocycles. The molecule has 0 radical (unpaired) electrons. The van der Waals surface area contributed by atoms with Crippen molar-refractivity contribution < 1.29 is 14.7 Å². The molecule has 0 amide bonds. The van der Waals surface area contributed by atoms with E-state index in [-0.39, 0.29) is 6.10 Å². The Morgan fingerprint density at radius 1 is 1.70 bits per heavy atom. The van der Waals surface area contributed by atoms with Gasteiger partial charge < -0.3 is 14.7 Å². The molecule has 1 heterocycles. The topological polar surface area (TPSA) is 50.7 Å². The molecule has 10 heavy (non-hydrogen) atoms. The minimum atomic E-state index is -0.485. The molecule has 1 aliphatic heterocycles. The lowest BCUT2D eigenvalue weighted by Crippen LogP contribution is -2.28. The molecule has 1 saturated heterocycles. The monoisotopic (exact) mass is 147 g/mol. The fourth-order valence-electron chi connectivity index (χ4n) is 0.965. The Bertz CT molecular complexity index is 116. The van der Waals surface area contributed by atoms with Crippen LogP contribution in [0.3, 0.4) is 0 Å². The van der Waals surface area contributed by atoms with E-state index in [2.05, 4.69) is 0 Å². The van der Waals surface area contributed by atoms with Crippen molar-refractivity contribution in [3.63, 3.8) is 0 Å². The summed E-state index contributed by atoms with van der Waals surface area (Å²) < 4.78 is 10.6. The van der Waals surface area contributed by atoms with Gasteiger partial charge in [0.05, 0.1) is 12.7 Å². The number of hydrogen-bond acceptors (Lipinski definition) is 4. The molecular formula is C6H13NO3. The predicted molar refractivity (Wildman–Crippen MR) is 34.7 cm³/mol. The van der Waals surface area contributed by atoms with Crippen molar-refractivity contribution in [2.75, 3.05) is 13.2 Å². The van der Waals surface area contributed by atoms with E-state index in [0.29, 0.717) is 13.2 Å². The highest BCUT2D eigenvalue weighted by Gasteiger charge is 2.31. The standard InChI is InChI=1S/C6H13NO3/c1-6(2)9-4-5(10-6)3-7-8/h5,7-8H,3-4H2,1-2H3. The number of hydrogen-bond donors (Lipinski definition) is 2. The van der Waals surface area contributed by atoms with Crippen LogP contribution < -0.4 is 5.48 Å². The Balaban J connectivity index is 2.29.